The van der Waals surface area contributed by atoms with E-state index in [1.165, 1.54) is 22.3 Å². The maximum atomic E-state index is 12.5. The van der Waals surface area contributed by atoms with Gasteiger partial charge in [0.2, 0.25) is 12.0 Å². The summed E-state index contributed by atoms with van der Waals surface area (Å²) in [5, 5.41) is 14.8. The molecular formula is C20H14N4O3S2. The summed E-state index contributed by atoms with van der Waals surface area (Å²) in [5.74, 6) is 1.61. The predicted octanol–water partition coefficient (Wildman–Crippen LogP) is 3.93. The van der Waals surface area contributed by atoms with Crippen LogP contribution in [0.4, 0.5) is 0 Å². The minimum Gasteiger partial charge on any atom is -0.454 e. The minimum atomic E-state index is -0.448. The second-order valence-electron chi connectivity index (χ2n) is 6.27. The lowest BCUT2D eigenvalue weighted by atomic mass is 10.1. The second-order valence-corrected chi connectivity index (χ2v) is 8.45. The van der Waals surface area contributed by atoms with Crippen molar-refractivity contribution in [3.05, 3.63) is 65.2 Å². The molecule has 3 aliphatic rings. The minimum absolute atomic E-state index is 0.0143. The van der Waals surface area contributed by atoms with Crippen LogP contribution in [0, 0.1) is 5.41 Å². The van der Waals surface area contributed by atoms with Crippen molar-refractivity contribution in [2.24, 2.45) is 10.1 Å². The number of carbonyl (C=O) groups is 1. The molecule has 3 heterocycles. The third-order valence-corrected chi connectivity index (χ3v) is 6.46. The van der Waals surface area contributed by atoms with Crippen LogP contribution in [0.2, 0.25) is 0 Å². The highest BCUT2D eigenvalue weighted by Gasteiger charge is 2.35. The highest BCUT2D eigenvalue weighted by molar-refractivity contribution is 8.45. The molecular weight excluding hydrogens is 408 g/mol. The van der Waals surface area contributed by atoms with E-state index in [-0.39, 0.29) is 18.2 Å². The number of aliphatic imine (C=N–C) groups is 1. The van der Waals surface area contributed by atoms with Gasteiger partial charge in [0.25, 0.3) is 5.91 Å². The number of amidine groups is 2. The monoisotopic (exact) mass is 422 g/mol. The average Bonchev–Trinajstić information content (AvgIpc) is 3.36. The van der Waals surface area contributed by atoms with Gasteiger partial charge in [-0.2, -0.15) is 10.0 Å². The van der Waals surface area contributed by atoms with Gasteiger partial charge in [-0.1, -0.05) is 48.2 Å². The molecule has 1 N–H and O–H groups in total. The Morgan fingerprint density at radius 1 is 1.17 bits per heavy atom. The molecule has 29 heavy (non-hydrogen) atoms. The molecule has 0 radical (unpaired) electrons. The Morgan fingerprint density at radius 2 is 2.00 bits per heavy atom. The summed E-state index contributed by atoms with van der Waals surface area (Å²) in [7, 11) is 0. The number of hydrogen-bond donors (Lipinski definition) is 1. The molecule has 1 amide bonds. The van der Waals surface area contributed by atoms with Gasteiger partial charge in [0.15, 0.2) is 21.7 Å². The number of hydrogen-bond acceptors (Lipinski definition) is 7. The zero-order valence-electron chi connectivity index (χ0n) is 15.0. The van der Waals surface area contributed by atoms with Gasteiger partial charge in [-0.25, -0.2) is 0 Å². The van der Waals surface area contributed by atoms with Crippen molar-refractivity contribution in [2.75, 3.05) is 6.79 Å². The molecule has 0 unspecified atom stereocenters. The van der Waals surface area contributed by atoms with Gasteiger partial charge in [-0.3, -0.25) is 10.2 Å². The molecule has 5 rings (SSSR count). The molecule has 2 aromatic rings. The molecule has 0 fully saturated rings. The van der Waals surface area contributed by atoms with Gasteiger partial charge in [-0.05, 0) is 41.1 Å². The number of amides is 1. The van der Waals surface area contributed by atoms with E-state index in [1.54, 1.807) is 30.0 Å². The molecule has 0 atom stereocenters. The fourth-order valence-electron chi connectivity index (χ4n) is 2.92. The van der Waals surface area contributed by atoms with Crippen molar-refractivity contribution >= 4 is 50.9 Å². The molecule has 0 saturated carbocycles. The van der Waals surface area contributed by atoms with Crippen LogP contribution in [-0.2, 0) is 10.5 Å². The predicted molar refractivity (Wildman–Crippen MR) is 115 cm³/mol. The summed E-state index contributed by atoms with van der Waals surface area (Å²) in [5.41, 5.74) is 2.10. The Kier molecular flexibility index (Phi) is 4.61. The third kappa shape index (κ3) is 3.54. The van der Waals surface area contributed by atoms with Crippen LogP contribution in [0.25, 0.3) is 6.08 Å². The van der Waals surface area contributed by atoms with Crippen molar-refractivity contribution in [1.82, 2.24) is 5.01 Å². The zero-order chi connectivity index (χ0) is 19.8. The van der Waals surface area contributed by atoms with Crippen molar-refractivity contribution in [3.8, 4) is 11.5 Å². The van der Waals surface area contributed by atoms with Crippen molar-refractivity contribution < 1.29 is 14.3 Å². The molecule has 0 saturated heterocycles. The lowest BCUT2D eigenvalue weighted by Gasteiger charge is -2.20. The van der Waals surface area contributed by atoms with Crippen LogP contribution in [-0.4, -0.2) is 33.1 Å². The maximum Gasteiger partial charge on any atom is 0.283 e. The Bertz CT molecular complexity index is 1110. The summed E-state index contributed by atoms with van der Waals surface area (Å²) in [6.45, 7) is 0.181. The van der Waals surface area contributed by atoms with Gasteiger partial charge in [0.1, 0.15) is 0 Å². The lowest BCUT2D eigenvalue weighted by molar-refractivity contribution is -0.114. The standard InChI is InChI=1S/C20H14N4O3S2/c21-17-14(8-13-6-7-15-16(9-13)27-11-26-15)18(25)22-19-24(17)23-20(29-19)28-10-12-4-2-1-3-5-12/h1-9,21H,10-11H2/b14-8-,21-17?. The van der Waals surface area contributed by atoms with Crippen molar-refractivity contribution in [1.29, 1.82) is 5.41 Å². The molecule has 3 aliphatic heterocycles. The highest BCUT2D eigenvalue weighted by Crippen LogP contribution is 2.35. The van der Waals surface area contributed by atoms with E-state index >= 15 is 0 Å². The summed E-state index contributed by atoms with van der Waals surface area (Å²) in [6.07, 6.45) is 1.63. The van der Waals surface area contributed by atoms with Gasteiger partial charge in [0.05, 0.1) is 5.57 Å². The number of benzene rings is 2. The second kappa shape index (κ2) is 7.41. The molecule has 2 aromatic carbocycles. The van der Waals surface area contributed by atoms with Crippen molar-refractivity contribution in [2.45, 2.75) is 5.75 Å². The van der Waals surface area contributed by atoms with Gasteiger partial charge >= 0.3 is 0 Å². The molecule has 0 bridgehead atoms. The first-order chi connectivity index (χ1) is 14.2. The van der Waals surface area contributed by atoms with Crippen LogP contribution in [0.1, 0.15) is 11.1 Å². The lowest BCUT2D eigenvalue weighted by Crippen LogP contribution is -2.35. The quantitative estimate of drug-likeness (QED) is 0.755. The van der Waals surface area contributed by atoms with Crippen LogP contribution in [0.15, 0.2) is 64.2 Å². The maximum absolute atomic E-state index is 12.5. The number of hydrazone groups is 1. The largest absolute Gasteiger partial charge is 0.454 e. The molecule has 0 aliphatic carbocycles. The number of thioether (sulfide) groups is 2. The fraction of sp³-hybridized carbons (Fsp3) is 0.100. The topological polar surface area (TPSA) is 87.3 Å². The SMILES string of the molecule is N=C1/C(=C/c2ccc3c(c2)OCO3)C(=O)N=C2SC(SCc3ccccc3)=NN12. The molecule has 144 valence electrons. The van der Waals surface area contributed by atoms with E-state index in [9.17, 15) is 4.79 Å². The first kappa shape index (κ1) is 18.0. The van der Waals surface area contributed by atoms with E-state index < -0.39 is 5.91 Å². The Labute approximate surface area is 175 Å². The van der Waals surface area contributed by atoms with Gasteiger partial charge < -0.3 is 9.47 Å². The summed E-state index contributed by atoms with van der Waals surface area (Å²) >= 11 is 2.87. The Balaban J connectivity index is 1.36. The van der Waals surface area contributed by atoms with E-state index in [0.29, 0.717) is 16.7 Å². The summed E-state index contributed by atoms with van der Waals surface area (Å²) in [4.78, 5) is 16.6. The number of ether oxygens (including phenoxy) is 2. The van der Waals surface area contributed by atoms with E-state index in [1.807, 2.05) is 24.3 Å². The molecule has 9 heteroatoms. The van der Waals surface area contributed by atoms with Crippen LogP contribution in [0.3, 0.4) is 0 Å². The van der Waals surface area contributed by atoms with E-state index in [2.05, 4.69) is 22.2 Å². The van der Waals surface area contributed by atoms with Crippen LogP contribution < -0.4 is 9.47 Å². The molecule has 0 aromatic heterocycles. The van der Waals surface area contributed by atoms with Crippen molar-refractivity contribution in [3.63, 3.8) is 0 Å². The first-order valence-corrected chi connectivity index (χ1v) is 10.5. The highest BCUT2D eigenvalue weighted by atomic mass is 32.2. The number of nitrogens with zero attached hydrogens (tertiary/aromatic N) is 3. The number of rotatable bonds is 3. The number of carbonyl (C=O) groups excluding carboxylic acids is 1. The zero-order valence-corrected chi connectivity index (χ0v) is 16.6. The average molecular weight is 422 g/mol. The smallest absolute Gasteiger partial charge is 0.283 e. The Morgan fingerprint density at radius 3 is 2.86 bits per heavy atom. The summed E-state index contributed by atoms with van der Waals surface area (Å²) < 4.78 is 11.4. The first-order valence-electron chi connectivity index (χ1n) is 8.74. The normalized spacial score (nSPS) is 18.8. The third-order valence-electron chi connectivity index (χ3n) is 4.35. The molecule has 7 nitrogen and oxygen atoms in total. The molecule has 0 spiro atoms. The van der Waals surface area contributed by atoms with Crippen LogP contribution in [0.5, 0.6) is 11.5 Å². The fourth-order valence-corrected chi connectivity index (χ4v) is 4.81. The van der Waals surface area contributed by atoms with Gasteiger partial charge in [-0.15, -0.1) is 5.10 Å². The number of fused-ring (bicyclic) bond motifs is 2. The van der Waals surface area contributed by atoms with E-state index in [4.69, 9.17) is 14.9 Å². The Hall–Kier alpha value is -3.04. The summed E-state index contributed by atoms with van der Waals surface area (Å²) in [6, 6.07) is 15.4. The van der Waals surface area contributed by atoms with Crippen LogP contribution >= 0.6 is 23.5 Å². The number of nitrogens with one attached hydrogen (secondary N) is 1. The van der Waals surface area contributed by atoms with E-state index in [0.717, 1.165) is 15.7 Å². The van der Waals surface area contributed by atoms with Gasteiger partial charge in [0, 0.05) is 5.75 Å².